The van der Waals surface area contributed by atoms with Crippen molar-refractivity contribution in [1.82, 2.24) is 5.32 Å². The SMILES string of the molecule is C=CCC(N)C(=O)N[C@@H](CCC(=O)O)C(=O)O. The lowest BCUT2D eigenvalue weighted by Crippen LogP contribution is -2.48. The number of amides is 1. The molecule has 1 unspecified atom stereocenters. The molecule has 0 aromatic carbocycles. The van der Waals surface area contributed by atoms with Crippen LogP contribution in [-0.4, -0.2) is 40.1 Å². The predicted octanol–water partition coefficient (Wildman–Crippen LogP) is -0.676. The first-order chi connectivity index (χ1) is 7.88. The van der Waals surface area contributed by atoms with Crippen LogP contribution in [0.5, 0.6) is 0 Å². The number of carboxylic acids is 2. The highest BCUT2D eigenvalue weighted by molar-refractivity contribution is 5.87. The molecule has 0 aromatic heterocycles. The molecule has 0 saturated carbocycles. The summed E-state index contributed by atoms with van der Waals surface area (Å²) in [5.41, 5.74) is 5.44. The zero-order chi connectivity index (χ0) is 13.4. The van der Waals surface area contributed by atoms with Crippen molar-refractivity contribution in [2.24, 2.45) is 5.73 Å². The van der Waals surface area contributed by atoms with E-state index in [0.29, 0.717) is 0 Å². The van der Waals surface area contributed by atoms with Gasteiger partial charge in [-0.15, -0.1) is 6.58 Å². The molecule has 0 fully saturated rings. The molecule has 96 valence electrons. The molecule has 0 aliphatic carbocycles. The molecule has 0 aliphatic heterocycles. The number of carboxylic acid groups (broad SMARTS) is 2. The van der Waals surface area contributed by atoms with E-state index in [-0.39, 0.29) is 19.3 Å². The standard InChI is InChI=1S/C10H16N2O5/c1-2-3-6(11)9(15)12-7(10(16)17)4-5-8(13)14/h2,6-7H,1,3-5,11H2,(H,12,15)(H,13,14)(H,16,17)/t6?,7-/m0/s1. The number of nitrogens with one attached hydrogen (secondary N) is 1. The zero-order valence-electron chi connectivity index (χ0n) is 9.26. The number of carbonyl (C=O) groups excluding carboxylic acids is 1. The number of carbonyl (C=O) groups is 3. The van der Waals surface area contributed by atoms with Crippen LogP contribution < -0.4 is 11.1 Å². The highest BCUT2D eigenvalue weighted by atomic mass is 16.4. The molecule has 0 aromatic rings. The molecule has 7 nitrogen and oxygen atoms in total. The molecule has 17 heavy (non-hydrogen) atoms. The van der Waals surface area contributed by atoms with Gasteiger partial charge in [0, 0.05) is 6.42 Å². The highest BCUT2D eigenvalue weighted by Crippen LogP contribution is 1.99. The first-order valence-electron chi connectivity index (χ1n) is 5.00. The van der Waals surface area contributed by atoms with Crippen molar-refractivity contribution in [2.45, 2.75) is 31.3 Å². The third-order valence-electron chi connectivity index (χ3n) is 2.02. The number of rotatable bonds is 8. The monoisotopic (exact) mass is 244 g/mol. The van der Waals surface area contributed by atoms with Gasteiger partial charge in [0.2, 0.25) is 5.91 Å². The van der Waals surface area contributed by atoms with Crippen LogP contribution in [0, 0.1) is 0 Å². The molecule has 2 atom stereocenters. The normalized spacial score (nSPS) is 13.5. The van der Waals surface area contributed by atoms with Gasteiger partial charge in [0.05, 0.1) is 6.04 Å². The van der Waals surface area contributed by atoms with Crippen molar-refractivity contribution in [2.75, 3.05) is 0 Å². The van der Waals surface area contributed by atoms with Gasteiger partial charge in [-0.2, -0.15) is 0 Å². The fourth-order valence-corrected chi connectivity index (χ4v) is 1.09. The van der Waals surface area contributed by atoms with Gasteiger partial charge in [-0.1, -0.05) is 6.08 Å². The number of aliphatic carboxylic acids is 2. The quantitative estimate of drug-likeness (QED) is 0.419. The van der Waals surface area contributed by atoms with Crippen LogP contribution in [-0.2, 0) is 14.4 Å². The Bertz CT molecular complexity index is 316. The van der Waals surface area contributed by atoms with E-state index in [1.807, 2.05) is 0 Å². The lowest BCUT2D eigenvalue weighted by Gasteiger charge is -2.16. The Balaban J connectivity index is 4.33. The molecular formula is C10H16N2O5. The number of hydrogen-bond acceptors (Lipinski definition) is 4. The van der Waals surface area contributed by atoms with Crippen LogP contribution in [0.15, 0.2) is 12.7 Å². The molecule has 0 radical (unpaired) electrons. The smallest absolute Gasteiger partial charge is 0.326 e. The third kappa shape index (κ3) is 6.31. The van der Waals surface area contributed by atoms with Crippen LogP contribution in [0.2, 0.25) is 0 Å². The molecule has 5 N–H and O–H groups in total. The summed E-state index contributed by atoms with van der Waals surface area (Å²) in [4.78, 5) is 32.5. The van der Waals surface area contributed by atoms with Crippen molar-refractivity contribution in [3.8, 4) is 0 Å². The van der Waals surface area contributed by atoms with Crippen LogP contribution in [0.3, 0.4) is 0 Å². The van der Waals surface area contributed by atoms with Gasteiger partial charge in [-0.3, -0.25) is 9.59 Å². The molecule has 0 rings (SSSR count). The van der Waals surface area contributed by atoms with Gasteiger partial charge < -0.3 is 21.3 Å². The lowest BCUT2D eigenvalue weighted by molar-refractivity contribution is -0.143. The van der Waals surface area contributed by atoms with E-state index in [4.69, 9.17) is 15.9 Å². The fourth-order valence-electron chi connectivity index (χ4n) is 1.09. The minimum Gasteiger partial charge on any atom is -0.481 e. The average Bonchev–Trinajstić information content (AvgIpc) is 2.23. The van der Waals surface area contributed by atoms with E-state index in [1.54, 1.807) is 0 Å². The first kappa shape index (κ1) is 15.1. The maximum Gasteiger partial charge on any atom is 0.326 e. The molecule has 7 heteroatoms. The minimum absolute atomic E-state index is 0.183. The Hall–Kier alpha value is -1.89. The molecular weight excluding hydrogens is 228 g/mol. The van der Waals surface area contributed by atoms with Crippen LogP contribution in [0.25, 0.3) is 0 Å². The van der Waals surface area contributed by atoms with Gasteiger partial charge in [-0.05, 0) is 12.8 Å². The van der Waals surface area contributed by atoms with Crippen molar-refractivity contribution >= 4 is 17.8 Å². The molecule has 0 saturated heterocycles. The van der Waals surface area contributed by atoms with E-state index < -0.39 is 29.9 Å². The molecule has 0 aliphatic rings. The van der Waals surface area contributed by atoms with Crippen molar-refractivity contribution in [3.63, 3.8) is 0 Å². The minimum atomic E-state index is -1.29. The maximum atomic E-state index is 11.4. The van der Waals surface area contributed by atoms with Crippen LogP contribution in [0.4, 0.5) is 0 Å². The summed E-state index contributed by atoms with van der Waals surface area (Å²) in [7, 11) is 0. The lowest BCUT2D eigenvalue weighted by atomic mass is 10.1. The number of nitrogens with two attached hydrogens (primary N) is 1. The summed E-state index contributed by atoms with van der Waals surface area (Å²) in [6.07, 6.45) is 1.14. The predicted molar refractivity (Wildman–Crippen MR) is 59.2 cm³/mol. The summed E-state index contributed by atoms with van der Waals surface area (Å²) in [5.74, 6) is -3.05. The largest absolute Gasteiger partial charge is 0.481 e. The second-order valence-corrected chi connectivity index (χ2v) is 3.46. The molecule has 0 spiro atoms. The van der Waals surface area contributed by atoms with Crippen molar-refractivity contribution in [3.05, 3.63) is 12.7 Å². The highest BCUT2D eigenvalue weighted by Gasteiger charge is 2.23. The summed E-state index contributed by atoms with van der Waals surface area (Å²) < 4.78 is 0. The van der Waals surface area contributed by atoms with Crippen molar-refractivity contribution in [1.29, 1.82) is 0 Å². The van der Waals surface area contributed by atoms with Crippen LogP contribution in [0.1, 0.15) is 19.3 Å². The topological polar surface area (TPSA) is 130 Å². The van der Waals surface area contributed by atoms with E-state index >= 15 is 0 Å². The molecule has 1 amide bonds. The second-order valence-electron chi connectivity index (χ2n) is 3.46. The Kier molecular flexibility index (Phi) is 6.57. The summed E-state index contributed by atoms with van der Waals surface area (Å²) in [5, 5.41) is 19.4. The van der Waals surface area contributed by atoms with Gasteiger partial charge in [0.1, 0.15) is 6.04 Å². The van der Waals surface area contributed by atoms with Gasteiger partial charge in [0.25, 0.3) is 0 Å². The van der Waals surface area contributed by atoms with Crippen LogP contribution >= 0.6 is 0 Å². The summed E-state index contributed by atoms with van der Waals surface area (Å²) >= 11 is 0. The van der Waals surface area contributed by atoms with E-state index in [9.17, 15) is 14.4 Å². The fraction of sp³-hybridized carbons (Fsp3) is 0.500. The Morgan fingerprint density at radius 3 is 2.35 bits per heavy atom. The maximum absolute atomic E-state index is 11.4. The first-order valence-corrected chi connectivity index (χ1v) is 5.00. The average molecular weight is 244 g/mol. The Morgan fingerprint density at radius 1 is 1.35 bits per heavy atom. The van der Waals surface area contributed by atoms with E-state index in [1.165, 1.54) is 6.08 Å². The van der Waals surface area contributed by atoms with Crippen molar-refractivity contribution < 1.29 is 24.6 Å². The third-order valence-corrected chi connectivity index (χ3v) is 2.02. The van der Waals surface area contributed by atoms with E-state index in [2.05, 4.69) is 11.9 Å². The van der Waals surface area contributed by atoms with Gasteiger partial charge in [0.15, 0.2) is 0 Å². The van der Waals surface area contributed by atoms with Gasteiger partial charge >= 0.3 is 11.9 Å². The molecule has 0 bridgehead atoms. The Labute approximate surface area is 98.3 Å². The molecule has 0 heterocycles. The number of hydrogen-bond donors (Lipinski definition) is 4. The second kappa shape index (κ2) is 7.39. The Morgan fingerprint density at radius 2 is 1.94 bits per heavy atom. The van der Waals surface area contributed by atoms with Gasteiger partial charge in [-0.25, -0.2) is 4.79 Å². The zero-order valence-corrected chi connectivity index (χ0v) is 9.26. The van der Waals surface area contributed by atoms with E-state index in [0.717, 1.165) is 0 Å². The summed E-state index contributed by atoms with van der Waals surface area (Å²) in [6, 6.07) is -2.12. The summed E-state index contributed by atoms with van der Waals surface area (Å²) in [6.45, 7) is 3.40.